The standard InChI is InChI=1S/C14H20O4/c1-3-11-4-6-12(7-5-11)8-18-13(17)14(2,9-15)10-16/h4-7,15-16H,3,8-10H2,1-2H3. The highest BCUT2D eigenvalue weighted by Gasteiger charge is 2.33. The number of aliphatic hydroxyl groups is 2. The molecule has 2 N–H and O–H groups in total. The smallest absolute Gasteiger partial charge is 0.316 e. The van der Waals surface area contributed by atoms with Gasteiger partial charge in [0.1, 0.15) is 12.0 Å². The van der Waals surface area contributed by atoms with E-state index in [1.807, 2.05) is 24.3 Å². The van der Waals surface area contributed by atoms with Crippen molar-refractivity contribution in [1.82, 2.24) is 0 Å². The van der Waals surface area contributed by atoms with Gasteiger partial charge in [-0.05, 0) is 24.5 Å². The predicted molar refractivity (Wildman–Crippen MR) is 67.9 cm³/mol. The molecule has 0 unspecified atom stereocenters. The van der Waals surface area contributed by atoms with E-state index in [9.17, 15) is 4.79 Å². The third-order valence-corrected chi connectivity index (χ3v) is 2.99. The van der Waals surface area contributed by atoms with Crippen molar-refractivity contribution in [3.63, 3.8) is 0 Å². The van der Waals surface area contributed by atoms with Gasteiger partial charge in [0.2, 0.25) is 0 Å². The molecule has 0 aliphatic carbocycles. The lowest BCUT2D eigenvalue weighted by Gasteiger charge is -2.22. The van der Waals surface area contributed by atoms with Crippen molar-refractivity contribution in [1.29, 1.82) is 0 Å². The molecule has 1 rings (SSSR count). The van der Waals surface area contributed by atoms with Crippen molar-refractivity contribution in [2.75, 3.05) is 13.2 Å². The van der Waals surface area contributed by atoms with Gasteiger partial charge in [0, 0.05) is 0 Å². The molecule has 4 nitrogen and oxygen atoms in total. The summed E-state index contributed by atoms with van der Waals surface area (Å²) in [5.41, 5.74) is 0.878. The van der Waals surface area contributed by atoms with Crippen molar-refractivity contribution in [2.24, 2.45) is 5.41 Å². The fourth-order valence-corrected chi connectivity index (χ4v) is 1.37. The van der Waals surface area contributed by atoms with Crippen LogP contribution in [0.1, 0.15) is 25.0 Å². The highest BCUT2D eigenvalue weighted by molar-refractivity contribution is 5.76. The number of hydrogen-bond acceptors (Lipinski definition) is 4. The zero-order chi connectivity index (χ0) is 13.6. The monoisotopic (exact) mass is 252 g/mol. The van der Waals surface area contributed by atoms with Crippen LogP contribution < -0.4 is 0 Å². The van der Waals surface area contributed by atoms with Crippen LogP contribution in [-0.4, -0.2) is 29.4 Å². The molecule has 0 bridgehead atoms. The van der Waals surface area contributed by atoms with Gasteiger partial charge in [-0.2, -0.15) is 0 Å². The molecule has 0 amide bonds. The summed E-state index contributed by atoms with van der Waals surface area (Å²) in [6.07, 6.45) is 0.965. The van der Waals surface area contributed by atoms with E-state index in [-0.39, 0.29) is 6.61 Å². The molecule has 0 aromatic heterocycles. The molecule has 0 atom stereocenters. The molecule has 0 saturated heterocycles. The Labute approximate surface area is 107 Å². The largest absolute Gasteiger partial charge is 0.460 e. The molecule has 0 fully saturated rings. The second kappa shape index (κ2) is 6.52. The summed E-state index contributed by atoms with van der Waals surface area (Å²) in [6, 6.07) is 7.78. The Bertz CT molecular complexity index is 379. The first kappa shape index (κ1) is 14.7. The molecule has 1 aromatic rings. The van der Waals surface area contributed by atoms with E-state index in [0.717, 1.165) is 12.0 Å². The Morgan fingerprint density at radius 2 is 1.67 bits per heavy atom. The van der Waals surface area contributed by atoms with Crippen LogP contribution in [0.2, 0.25) is 0 Å². The summed E-state index contributed by atoms with van der Waals surface area (Å²) in [4.78, 5) is 11.7. The molecule has 0 aliphatic rings. The number of benzene rings is 1. The Kier molecular flexibility index (Phi) is 5.31. The maximum absolute atomic E-state index is 11.7. The minimum atomic E-state index is -1.23. The number of ether oxygens (including phenoxy) is 1. The van der Waals surface area contributed by atoms with Crippen LogP contribution in [-0.2, 0) is 22.6 Å². The Balaban J connectivity index is 2.56. The first-order valence-corrected chi connectivity index (χ1v) is 6.02. The number of esters is 1. The zero-order valence-corrected chi connectivity index (χ0v) is 10.8. The molecule has 0 heterocycles. The van der Waals surface area contributed by atoms with Crippen LogP contribution in [0.15, 0.2) is 24.3 Å². The number of aryl methyl sites for hydroxylation is 1. The third kappa shape index (κ3) is 3.55. The first-order chi connectivity index (χ1) is 8.55. The molecular weight excluding hydrogens is 232 g/mol. The van der Waals surface area contributed by atoms with Gasteiger partial charge < -0.3 is 14.9 Å². The van der Waals surface area contributed by atoms with Crippen LogP contribution >= 0.6 is 0 Å². The van der Waals surface area contributed by atoms with Crippen LogP contribution in [0.4, 0.5) is 0 Å². The second-order valence-corrected chi connectivity index (χ2v) is 4.62. The molecule has 4 heteroatoms. The number of rotatable bonds is 6. The number of hydrogen-bond donors (Lipinski definition) is 2. The minimum Gasteiger partial charge on any atom is -0.460 e. The highest BCUT2D eigenvalue weighted by Crippen LogP contribution is 2.17. The quantitative estimate of drug-likeness (QED) is 0.749. The molecule has 0 aliphatic heterocycles. The van der Waals surface area contributed by atoms with Crippen LogP contribution in [0.5, 0.6) is 0 Å². The third-order valence-electron chi connectivity index (χ3n) is 2.99. The van der Waals surface area contributed by atoms with E-state index in [4.69, 9.17) is 14.9 Å². The van der Waals surface area contributed by atoms with Crippen molar-refractivity contribution >= 4 is 5.97 Å². The van der Waals surface area contributed by atoms with E-state index in [1.54, 1.807) is 0 Å². The summed E-state index contributed by atoms with van der Waals surface area (Å²) in [5.74, 6) is -0.591. The van der Waals surface area contributed by atoms with Gasteiger partial charge >= 0.3 is 5.97 Å². The molecular formula is C14H20O4. The van der Waals surface area contributed by atoms with Crippen molar-refractivity contribution in [3.8, 4) is 0 Å². The number of carbonyl (C=O) groups is 1. The van der Waals surface area contributed by atoms with E-state index >= 15 is 0 Å². The zero-order valence-electron chi connectivity index (χ0n) is 10.8. The van der Waals surface area contributed by atoms with Crippen molar-refractivity contribution in [2.45, 2.75) is 26.9 Å². The Hall–Kier alpha value is -1.39. The first-order valence-electron chi connectivity index (χ1n) is 6.02. The van der Waals surface area contributed by atoms with Crippen LogP contribution in [0.3, 0.4) is 0 Å². The van der Waals surface area contributed by atoms with Gasteiger partial charge in [0.25, 0.3) is 0 Å². The molecule has 100 valence electrons. The average molecular weight is 252 g/mol. The second-order valence-electron chi connectivity index (χ2n) is 4.62. The lowest BCUT2D eigenvalue weighted by atomic mass is 9.93. The summed E-state index contributed by atoms with van der Waals surface area (Å²) >= 11 is 0. The van der Waals surface area contributed by atoms with Gasteiger partial charge in [-0.25, -0.2) is 0 Å². The maximum atomic E-state index is 11.7. The van der Waals surface area contributed by atoms with E-state index in [0.29, 0.717) is 0 Å². The lowest BCUT2D eigenvalue weighted by Crippen LogP contribution is -2.36. The summed E-state index contributed by atoms with van der Waals surface area (Å²) in [7, 11) is 0. The maximum Gasteiger partial charge on any atom is 0.316 e. The summed E-state index contributed by atoms with van der Waals surface area (Å²) in [5, 5.41) is 18.1. The SMILES string of the molecule is CCc1ccc(COC(=O)C(C)(CO)CO)cc1. The topological polar surface area (TPSA) is 66.8 Å². The minimum absolute atomic E-state index is 0.151. The molecule has 0 spiro atoms. The Morgan fingerprint density at radius 1 is 1.17 bits per heavy atom. The van der Waals surface area contributed by atoms with Crippen molar-refractivity contribution < 1.29 is 19.7 Å². The summed E-state index contributed by atoms with van der Waals surface area (Å²) < 4.78 is 5.09. The molecule has 18 heavy (non-hydrogen) atoms. The van der Waals surface area contributed by atoms with E-state index in [2.05, 4.69) is 6.92 Å². The highest BCUT2D eigenvalue weighted by atomic mass is 16.5. The average Bonchev–Trinajstić information content (AvgIpc) is 2.44. The fourth-order valence-electron chi connectivity index (χ4n) is 1.37. The fraction of sp³-hybridized carbons (Fsp3) is 0.500. The molecule has 0 saturated carbocycles. The van der Waals surface area contributed by atoms with Gasteiger partial charge in [-0.3, -0.25) is 4.79 Å². The van der Waals surface area contributed by atoms with Gasteiger partial charge in [-0.1, -0.05) is 31.2 Å². The normalized spacial score (nSPS) is 11.3. The van der Waals surface area contributed by atoms with E-state index < -0.39 is 24.6 Å². The van der Waals surface area contributed by atoms with Gasteiger partial charge in [0.05, 0.1) is 13.2 Å². The summed E-state index contributed by atoms with van der Waals surface area (Å²) in [6.45, 7) is 2.82. The van der Waals surface area contributed by atoms with E-state index in [1.165, 1.54) is 12.5 Å². The number of aliphatic hydroxyl groups excluding tert-OH is 2. The lowest BCUT2D eigenvalue weighted by molar-refractivity contribution is -0.161. The Morgan fingerprint density at radius 3 is 2.11 bits per heavy atom. The van der Waals surface area contributed by atoms with Crippen molar-refractivity contribution in [3.05, 3.63) is 35.4 Å². The van der Waals surface area contributed by atoms with Crippen LogP contribution in [0, 0.1) is 5.41 Å². The number of carbonyl (C=O) groups excluding carboxylic acids is 1. The van der Waals surface area contributed by atoms with Crippen LogP contribution in [0.25, 0.3) is 0 Å². The van der Waals surface area contributed by atoms with Gasteiger partial charge in [0.15, 0.2) is 0 Å². The molecule has 1 aromatic carbocycles. The predicted octanol–water partition coefficient (Wildman–Crippen LogP) is 1.28. The van der Waals surface area contributed by atoms with Gasteiger partial charge in [-0.15, -0.1) is 0 Å². The molecule has 0 radical (unpaired) electrons.